The standard InChI is InChI=1S/C63H53N5/c1-42-38-44(3)59(45(4)39-42)68(60-46(5)40-43(2)41-47(60)6)56-36-34-55(35-37-56)67(54-32-30-51(31-33-54)58-25-17-16-24-57(58)50-20-12-8-13-21-50)63-65-61(52-22-14-9-15-23-52)64-62(66-63)53-28-26-49(27-29-53)48-18-10-7-11-19-48/h7-41H,1-6H3. The van der Waals surface area contributed by atoms with Crippen LogP contribution in [0, 0.1) is 41.5 Å². The zero-order valence-electron chi connectivity index (χ0n) is 39.4. The fourth-order valence-corrected chi connectivity index (χ4v) is 9.70. The van der Waals surface area contributed by atoms with E-state index in [1.165, 1.54) is 55.9 Å². The first-order valence-electron chi connectivity index (χ1n) is 23.3. The monoisotopic (exact) mass is 879 g/mol. The van der Waals surface area contributed by atoms with Gasteiger partial charge in [-0.3, -0.25) is 4.90 Å². The predicted molar refractivity (Wildman–Crippen MR) is 285 cm³/mol. The van der Waals surface area contributed by atoms with Crippen molar-refractivity contribution in [1.29, 1.82) is 0 Å². The molecule has 0 radical (unpaired) electrons. The van der Waals surface area contributed by atoms with E-state index in [0.717, 1.165) is 50.4 Å². The largest absolute Gasteiger partial charge is 0.309 e. The first-order chi connectivity index (χ1) is 33.2. The van der Waals surface area contributed by atoms with Crippen molar-refractivity contribution in [1.82, 2.24) is 15.0 Å². The average Bonchev–Trinajstić information content (AvgIpc) is 3.37. The summed E-state index contributed by atoms with van der Waals surface area (Å²) in [4.78, 5) is 20.3. The van der Waals surface area contributed by atoms with E-state index in [0.29, 0.717) is 17.6 Å². The molecular formula is C63H53N5. The number of aromatic nitrogens is 3. The van der Waals surface area contributed by atoms with Gasteiger partial charge in [-0.15, -0.1) is 0 Å². The smallest absolute Gasteiger partial charge is 0.238 e. The van der Waals surface area contributed by atoms with Crippen molar-refractivity contribution in [2.75, 3.05) is 9.80 Å². The molecule has 10 aromatic rings. The van der Waals surface area contributed by atoms with Crippen molar-refractivity contribution in [3.8, 4) is 56.2 Å². The third kappa shape index (κ3) is 8.82. The Morgan fingerprint density at radius 1 is 0.279 bits per heavy atom. The molecule has 0 aliphatic carbocycles. The highest BCUT2D eigenvalue weighted by Gasteiger charge is 2.24. The maximum atomic E-state index is 5.33. The summed E-state index contributed by atoms with van der Waals surface area (Å²) in [6.07, 6.45) is 0. The molecule has 0 fully saturated rings. The molecule has 68 heavy (non-hydrogen) atoms. The second-order valence-electron chi connectivity index (χ2n) is 17.7. The zero-order chi connectivity index (χ0) is 46.7. The van der Waals surface area contributed by atoms with Crippen molar-refractivity contribution in [2.24, 2.45) is 0 Å². The van der Waals surface area contributed by atoms with Gasteiger partial charge in [0.05, 0.1) is 11.4 Å². The van der Waals surface area contributed by atoms with E-state index in [2.05, 4.69) is 239 Å². The number of hydrogen-bond donors (Lipinski definition) is 0. The minimum Gasteiger partial charge on any atom is -0.309 e. The number of anilines is 6. The Hall–Kier alpha value is -8.41. The molecule has 0 saturated carbocycles. The summed E-state index contributed by atoms with van der Waals surface area (Å²) >= 11 is 0. The van der Waals surface area contributed by atoms with Crippen LogP contribution in [0.5, 0.6) is 0 Å². The third-order valence-electron chi connectivity index (χ3n) is 12.6. The van der Waals surface area contributed by atoms with E-state index in [9.17, 15) is 0 Å². The summed E-state index contributed by atoms with van der Waals surface area (Å²) in [6.45, 7) is 13.2. The lowest BCUT2D eigenvalue weighted by molar-refractivity contribution is 1.02. The molecule has 5 heteroatoms. The van der Waals surface area contributed by atoms with Crippen LogP contribution in [0.15, 0.2) is 212 Å². The topological polar surface area (TPSA) is 45.2 Å². The van der Waals surface area contributed by atoms with Crippen LogP contribution in [0.1, 0.15) is 33.4 Å². The van der Waals surface area contributed by atoms with Crippen LogP contribution in [0.4, 0.5) is 34.4 Å². The Morgan fingerprint density at radius 3 is 1.04 bits per heavy atom. The molecule has 1 aromatic heterocycles. The maximum absolute atomic E-state index is 5.33. The Bertz CT molecular complexity index is 3260. The van der Waals surface area contributed by atoms with Crippen LogP contribution in [0.3, 0.4) is 0 Å². The lowest BCUT2D eigenvalue weighted by Crippen LogP contribution is -2.17. The molecule has 0 spiro atoms. The summed E-state index contributed by atoms with van der Waals surface area (Å²) < 4.78 is 0. The summed E-state index contributed by atoms with van der Waals surface area (Å²) in [5, 5.41) is 0. The number of nitrogens with zero attached hydrogens (tertiary/aromatic N) is 5. The highest BCUT2D eigenvalue weighted by atomic mass is 15.3. The number of rotatable bonds is 11. The van der Waals surface area contributed by atoms with Crippen LogP contribution in [0.2, 0.25) is 0 Å². The molecule has 10 rings (SSSR count). The SMILES string of the molecule is Cc1cc(C)c(N(c2ccc(N(c3ccc(-c4ccccc4-c4ccccc4)cc3)c3nc(-c4ccccc4)nc(-c4ccc(-c5ccccc5)cc4)n3)cc2)c2c(C)cc(C)cc2C)c(C)c1. The fraction of sp³-hybridized carbons (Fsp3) is 0.0952. The van der Waals surface area contributed by atoms with Crippen molar-refractivity contribution in [3.05, 3.63) is 246 Å². The molecule has 0 N–H and O–H groups in total. The van der Waals surface area contributed by atoms with Gasteiger partial charge in [0.1, 0.15) is 0 Å². The van der Waals surface area contributed by atoms with Crippen molar-refractivity contribution in [3.63, 3.8) is 0 Å². The van der Waals surface area contributed by atoms with Crippen molar-refractivity contribution < 1.29 is 0 Å². The molecule has 0 atom stereocenters. The fourth-order valence-electron chi connectivity index (χ4n) is 9.70. The van der Waals surface area contributed by atoms with Crippen LogP contribution in [-0.2, 0) is 0 Å². The molecule has 330 valence electrons. The zero-order valence-corrected chi connectivity index (χ0v) is 39.4. The van der Waals surface area contributed by atoms with E-state index in [-0.39, 0.29) is 0 Å². The van der Waals surface area contributed by atoms with E-state index < -0.39 is 0 Å². The minimum atomic E-state index is 0.512. The van der Waals surface area contributed by atoms with E-state index in [1.807, 2.05) is 24.3 Å². The van der Waals surface area contributed by atoms with Crippen LogP contribution in [0.25, 0.3) is 56.2 Å². The van der Waals surface area contributed by atoms with Gasteiger partial charge in [0.25, 0.3) is 0 Å². The van der Waals surface area contributed by atoms with E-state index >= 15 is 0 Å². The normalized spacial score (nSPS) is 11.1. The van der Waals surface area contributed by atoms with Gasteiger partial charge < -0.3 is 4.90 Å². The van der Waals surface area contributed by atoms with Gasteiger partial charge in [-0.05, 0) is 134 Å². The highest BCUT2D eigenvalue weighted by Crippen LogP contribution is 2.44. The van der Waals surface area contributed by atoms with Crippen LogP contribution < -0.4 is 9.80 Å². The Labute approximate surface area is 400 Å². The highest BCUT2D eigenvalue weighted by molar-refractivity contribution is 5.87. The lowest BCUT2D eigenvalue weighted by atomic mass is 9.94. The molecule has 0 unspecified atom stereocenters. The molecule has 0 amide bonds. The minimum absolute atomic E-state index is 0.512. The van der Waals surface area contributed by atoms with E-state index in [1.54, 1.807) is 0 Å². The summed E-state index contributed by atoms with van der Waals surface area (Å²) in [7, 11) is 0. The molecule has 1 heterocycles. The van der Waals surface area contributed by atoms with Crippen molar-refractivity contribution >= 4 is 34.4 Å². The quantitative estimate of drug-likeness (QED) is 0.130. The molecule has 5 nitrogen and oxygen atoms in total. The Morgan fingerprint density at radius 2 is 0.588 bits per heavy atom. The summed E-state index contributed by atoms with van der Waals surface area (Å²) in [6, 6.07) is 75.0. The molecule has 0 bridgehead atoms. The maximum Gasteiger partial charge on any atom is 0.238 e. The Kier molecular flexibility index (Phi) is 12.0. The average molecular weight is 880 g/mol. The predicted octanol–water partition coefficient (Wildman–Crippen LogP) is 17.0. The van der Waals surface area contributed by atoms with Gasteiger partial charge in [0.15, 0.2) is 11.6 Å². The first kappa shape index (κ1) is 43.5. The van der Waals surface area contributed by atoms with Gasteiger partial charge in [-0.1, -0.05) is 187 Å². The molecule has 0 aliphatic heterocycles. The second kappa shape index (κ2) is 18.8. The van der Waals surface area contributed by atoms with Crippen molar-refractivity contribution in [2.45, 2.75) is 41.5 Å². The molecular weight excluding hydrogens is 827 g/mol. The van der Waals surface area contributed by atoms with Gasteiger partial charge in [0, 0.05) is 28.2 Å². The summed E-state index contributed by atoms with van der Waals surface area (Å²) in [5.41, 5.74) is 21.4. The first-order valence-corrected chi connectivity index (χ1v) is 23.3. The number of hydrogen-bond acceptors (Lipinski definition) is 5. The lowest BCUT2D eigenvalue weighted by Gasteiger charge is -2.32. The number of aryl methyl sites for hydroxylation is 6. The van der Waals surface area contributed by atoms with Gasteiger partial charge in [0.2, 0.25) is 5.95 Å². The molecule has 0 saturated heterocycles. The molecule has 0 aliphatic rings. The van der Waals surface area contributed by atoms with Crippen LogP contribution in [-0.4, -0.2) is 15.0 Å². The second-order valence-corrected chi connectivity index (χ2v) is 17.7. The number of benzene rings is 9. The molecule has 9 aromatic carbocycles. The van der Waals surface area contributed by atoms with Crippen LogP contribution >= 0.6 is 0 Å². The van der Waals surface area contributed by atoms with E-state index in [4.69, 9.17) is 15.0 Å². The Balaban J connectivity index is 1.14. The third-order valence-corrected chi connectivity index (χ3v) is 12.6. The van der Waals surface area contributed by atoms with Gasteiger partial charge in [-0.2, -0.15) is 9.97 Å². The summed E-state index contributed by atoms with van der Waals surface area (Å²) in [5.74, 6) is 1.69. The van der Waals surface area contributed by atoms with Gasteiger partial charge in [-0.25, -0.2) is 4.98 Å². The van der Waals surface area contributed by atoms with Gasteiger partial charge >= 0.3 is 0 Å².